The van der Waals surface area contributed by atoms with Crippen LogP contribution in [0.25, 0.3) is 50.4 Å². The Morgan fingerprint density at radius 3 is 1.87 bits per heavy atom. The van der Waals surface area contributed by atoms with Crippen LogP contribution in [0.5, 0.6) is 0 Å². The molecule has 7 aromatic carbocycles. The highest BCUT2D eigenvalue weighted by molar-refractivity contribution is 6.09. The van der Waals surface area contributed by atoms with E-state index in [9.17, 15) is 15.2 Å². The zero-order valence-corrected chi connectivity index (χ0v) is 29.7. The molecule has 0 saturated heterocycles. The first-order valence-electron chi connectivity index (χ1n) is 17.6. The van der Waals surface area contributed by atoms with Crippen molar-refractivity contribution in [3.8, 4) is 17.2 Å². The van der Waals surface area contributed by atoms with Crippen LogP contribution in [0.3, 0.4) is 0 Å². The van der Waals surface area contributed by atoms with Gasteiger partial charge in [0.05, 0.1) is 0 Å². The first kappa shape index (κ1) is 32.7. The minimum absolute atomic E-state index is 0.0423. The van der Waals surface area contributed by atoms with E-state index in [0.717, 1.165) is 16.7 Å². The van der Waals surface area contributed by atoms with Crippen molar-refractivity contribution in [3.05, 3.63) is 194 Å². The Hall–Kier alpha value is -6.50. The van der Waals surface area contributed by atoms with Crippen molar-refractivity contribution in [2.24, 2.45) is 0 Å². The van der Waals surface area contributed by atoms with Gasteiger partial charge in [-0.25, -0.2) is 4.79 Å². The maximum atomic E-state index is 11.5. The average molecular weight is 672 g/mol. The number of carboxylic acids is 1. The second-order valence-electron chi connectivity index (χ2n) is 14.1. The summed E-state index contributed by atoms with van der Waals surface area (Å²) < 4.78 is 0. The molecule has 8 rings (SSSR count). The molecule has 0 amide bonds. The van der Waals surface area contributed by atoms with Gasteiger partial charge in [0.15, 0.2) is 0 Å². The number of aliphatic carboxylic acids is 1. The minimum atomic E-state index is -1.22. The highest BCUT2D eigenvalue weighted by Gasteiger charge is 2.30. The Labute approximate surface area is 304 Å². The van der Waals surface area contributed by atoms with Gasteiger partial charge in [0.25, 0.3) is 0 Å². The number of hydrogen-bond acceptors (Lipinski definition) is 2. The maximum absolute atomic E-state index is 11.5. The van der Waals surface area contributed by atoms with Crippen molar-refractivity contribution in [2.45, 2.75) is 33.6 Å². The highest BCUT2D eigenvalue weighted by Crippen LogP contribution is 2.49. The summed E-state index contributed by atoms with van der Waals surface area (Å²) in [4.78, 5) is 11.5. The Morgan fingerprint density at radius 1 is 0.615 bits per heavy atom. The fraction of sp³-hybridized carbons (Fsp3) is 0.102. The van der Waals surface area contributed by atoms with Crippen molar-refractivity contribution in [1.82, 2.24) is 0 Å². The summed E-state index contributed by atoms with van der Waals surface area (Å²) in [5.41, 5.74) is 16.2. The molecule has 52 heavy (non-hydrogen) atoms. The van der Waals surface area contributed by atoms with E-state index in [2.05, 4.69) is 143 Å². The molecule has 1 aliphatic carbocycles. The van der Waals surface area contributed by atoms with Crippen molar-refractivity contribution in [2.75, 3.05) is 0 Å². The van der Waals surface area contributed by atoms with Gasteiger partial charge in [0.1, 0.15) is 11.6 Å². The third-order valence-electron chi connectivity index (χ3n) is 10.5. The van der Waals surface area contributed by atoms with E-state index < -0.39 is 5.97 Å². The lowest BCUT2D eigenvalue weighted by Gasteiger charge is -2.17. The molecular weight excluding hydrogens is 635 g/mol. The number of carboxylic acid groups (broad SMARTS) is 1. The fourth-order valence-electron chi connectivity index (χ4n) is 8.05. The van der Waals surface area contributed by atoms with Crippen LogP contribution in [0.4, 0.5) is 0 Å². The Balaban J connectivity index is 1.20. The van der Waals surface area contributed by atoms with Gasteiger partial charge < -0.3 is 5.11 Å². The van der Waals surface area contributed by atoms with Crippen LogP contribution < -0.4 is 0 Å². The molecule has 1 N–H and O–H groups in total. The molecule has 0 saturated carbocycles. The first-order valence-corrected chi connectivity index (χ1v) is 17.6. The predicted molar refractivity (Wildman–Crippen MR) is 214 cm³/mol. The molecule has 7 aromatic rings. The number of hydrogen-bond donors (Lipinski definition) is 1. The van der Waals surface area contributed by atoms with Gasteiger partial charge in [-0.05, 0) is 140 Å². The van der Waals surface area contributed by atoms with Gasteiger partial charge in [-0.3, -0.25) is 0 Å². The van der Waals surface area contributed by atoms with Gasteiger partial charge >= 0.3 is 5.97 Å². The molecule has 0 radical (unpaired) electrons. The molecule has 1 unspecified atom stereocenters. The fourth-order valence-corrected chi connectivity index (χ4v) is 8.05. The molecular formula is C49H37NO2. The minimum Gasteiger partial charge on any atom is -0.477 e. The molecule has 0 heterocycles. The molecule has 0 spiro atoms. The smallest absolute Gasteiger partial charge is 0.346 e. The van der Waals surface area contributed by atoms with Gasteiger partial charge in [-0.2, -0.15) is 5.26 Å². The van der Waals surface area contributed by atoms with Crippen LogP contribution in [-0.4, -0.2) is 11.1 Å². The Morgan fingerprint density at radius 2 is 1.21 bits per heavy atom. The first-order chi connectivity index (χ1) is 25.2. The molecule has 0 aromatic heterocycles. The van der Waals surface area contributed by atoms with E-state index in [1.807, 2.05) is 18.2 Å². The molecule has 3 nitrogen and oxygen atoms in total. The van der Waals surface area contributed by atoms with Crippen LogP contribution in [-0.2, 0) is 4.79 Å². The molecule has 0 bridgehead atoms. The molecule has 0 aliphatic heterocycles. The summed E-state index contributed by atoms with van der Waals surface area (Å²) in [6.45, 7) is 8.69. The van der Waals surface area contributed by atoms with Crippen LogP contribution >= 0.6 is 0 Å². The lowest BCUT2D eigenvalue weighted by molar-refractivity contribution is -0.132. The number of benzene rings is 7. The topological polar surface area (TPSA) is 61.1 Å². The zero-order valence-electron chi connectivity index (χ0n) is 29.7. The summed E-state index contributed by atoms with van der Waals surface area (Å²) in [5, 5.41) is 23.5. The lowest BCUT2D eigenvalue weighted by atomic mass is 9.87. The van der Waals surface area contributed by atoms with Crippen LogP contribution in [0, 0.1) is 39.0 Å². The standard InChI is InChI=1S/C49H37NO2/c1-29-9-16-39(31(3)21-29)46(40-17-10-30(2)22-32(40)4)25-33-11-18-41-35(23-33)13-14-36-27-37(15-20-42(36)41)48-44-8-6-5-7-43(44)47-26-34(12-19-45(47)48)24-38(28-50)49(51)52/h5-27,48H,1-4H3,(H,51,52). The summed E-state index contributed by atoms with van der Waals surface area (Å²) in [6, 6.07) is 47.7. The van der Waals surface area contributed by atoms with Gasteiger partial charge in [-0.15, -0.1) is 0 Å². The van der Waals surface area contributed by atoms with E-state index in [1.54, 1.807) is 6.07 Å². The number of nitrogens with zero attached hydrogens (tertiary/aromatic N) is 1. The SMILES string of the molecule is Cc1ccc(C(=Cc2ccc3c(ccc4cc(C5c6ccccc6-c6cc(C=C(C#N)C(=O)O)ccc65)ccc43)c2)c2ccc(C)cc2C)c(C)c1. The van der Waals surface area contributed by atoms with Gasteiger partial charge in [0, 0.05) is 5.92 Å². The molecule has 250 valence electrons. The molecule has 1 aliphatic rings. The average Bonchev–Trinajstić information content (AvgIpc) is 3.46. The van der Waals surface area contributed by atoms with Crippen molar-refractivity contribution >= 4 is 45.2 Å². The Kier molecular flexibility index (Phi) is 8.17. The van der Waals surface area contributed by atoms with Gasteiger partial charge in [0.2, 0.25) is 0 Å². The largest absolute Gasteiger partial charge is 0.477 e. The van der Waals surface area contributed by atoms with Crippen LogP contribution in [0.2, 0.25) is 0 Å². The van der Waals surface area contributed by atoms with E-state index >= 15 is 0 Å². The third-order valence-corrected chi connectivity index (χ3v) is 10.5. The second-order valence-corrected chi connectivity index (χ2v) is 14.1. The van der Waals surface area contributed by atoms with E-state index in [1.165, 1.54) is 83.3 Å². The van der Waals surface area contributed by atoms with Crippen LogP contribution in [0.15, 0.2) is 133 Å². The normalized spacial score (nSPS) is 13.4. The lowest BCUT2D eigenvalue weighted by Crippen LogP contribution is -2.00. The zero-order chi connectivity index (χ0) is 36.1. The molecule has 0 fully saturated rings. The van der Waals surface area contributed by atoms with Crippen molar-refractivity contribution in [1.29, 1.82) is 5.26 Å². The number of aryl methyl sites for hydroxylation is 4. The van der Waals surface area contributed by atoms with Crippen molar-refractivity contribution in [3.63, 3.8) is 0 Å². The van der Waals surface area contributed by atoms with E-state index in [4.69, 9.17) is 0 Å². The third kappa shape index (κ3) is 5.79. The van der Waals surface area contributed by atoms with E-state index in [0.29, 0.717) is 5.56 Å². The Bertz CT molecular complexity index is 2670. The maximum Gasteiger partial charge on any atom is 0.346 e. The summed E-state index contributed by atoms with van der Waals surface area (Å²) >= 11 is 0. The van der Waals surface area contributed by atoms with Crippen molar-refractivity contribution < 1.29 is 9.90 Å². The van der Waals surface area contributed by atoms with Crippen LogP contribution in [0.1, 0.15) is 67.1 Å². The summed E-state index contributed by atoms with van der Waals surface area (Å²) in [7, 11) is 0. The quantitative estimate of drug-likeness (QED) is 0.0828. The molecule has 3 heteroatoms. The summed E-state index contributed by atoms with van der Waals surface area (Å²) in [6.07, 6.45) is 3.77. The monoisotopic (exact) mass is 671 g/mol. The number of rotatable bonds is 6. The predicted octanol–water partition coefficient (Wildman–Crippen LogP) is 12.0. The van der Waals surface area contributed by atoms with Gasteiger partial charge in [-0.1, -0.05) is 126 Å². The summed E-state index contributed by atoms with van der Waals surface area (Å²) in [5.74, 6) is -1.18. The van der Waals surface area contributed by atoms with E-state index in [-0.39, 0.29) is 11.5 Å². The number of fused-ring (bicyclic) bond motifs is 6. The second kappa shape index (κ2) is 13.0. The highest BCUT2D eigenvalue weighted by atomic mass is 16.4. The number of carbonyl (C=O) groups is 1. The number of nitriles is 1. The molecule has 1 atom stereocenters.